The van der Waals surface area contributed by atoms with Crippen molar-refractivity contribution in [2.75, 3.05) is 25.0 Å². The topological polar surface area (TPSA) is 60.9 Å². The Morgan fingerprint density at radius 1 is 1.20 bits per heavy atom. The Kier molecular flexibility index (Phi) is 5.72. The average molecular weight is 358 g/mol. The number of carbonyl (C=O) groups excluding carboxylic acids is 2. The highest BCUT2D eigenvalue weighted by Gasteiger charge is 2.46. The number of aliphatic hydroxyl groups is 1. The number of piperidine rings is 1. The normalized spacial score (nSPS) is 17.3. The fourth-order valence-corrected chi connectivity index (χ4v) is 2.83. The number of carbonyl (C=O) groups is 2. The van der Waals surface area contributed by atoms with Crippen molar-refractivity contribution in [3.05, 3.63) is 29.8 Å². The Bertz CT molecular complexity index is 623. The average Bonchev–Trinajstić information content (AvgIpc) is 2.59. The Labute approximate surface area is 144 Å². The predicted molar refractivity (Wildman–Crippen MR) is 86.0 cm³/mol. The van der Waals surface area contributed by atoms with E-state index in [1.807, 2.05) is 31.2 Å². The number of halogens is 3. The minimum atomic E-state index is -4.98. The summed E-state index contributed by atoms with van der Waals surface area (Å²) in [5, 5.41) is 9.05. The summed E-state index contributed by atoms with van der Waals surface area (Å²) in [7, 11) is 1.65. The van der Waals surface area contributed by atoms with Gasteiger partial charge in [-0.25, -0.2) is 0 Å². The number of hydrogen-bond acceptors (Lipinski definition) is 3. The summed E-state index contributed by atoms with van der Waals surface area (Å²) in [4.78, 5) is 26.7. The van der Waals surface area contributed by atoms with Crippen molar-refractivity contribution in [3.8, 4) is 0 Å². The van der Waals surface area contributed by atoms with Gasteiger partial charge >= 0.3 is 6.18 Å². The van der Waals surface area contributed by atoms with E-state index in [1.165, 1.54) is 4.90 Å². The molecule has 1 aliphatic rings. The number of likely N-dealkylation sites (tertiary alicyclic amines) is 1. The number of rotatable bonds is 3. The van der Waals surface area contributed by atoms with E-state index in [0.29, 0.717) is 0 Å². The first-order valence-electron chi connectivity index (χ1n) is 7.99. The summed E-state index contributed by atoms with van der Waals surface area (Å²) in [6.07, 6.45) is -7.44. The number of amides is 2. The van der Waals surface area contributed by atoms with Crippen molar-refractivity contribution in [3.63, 3.8) is 0 Å². The first-order valence-corrected chi connectivity index (χ1v) is 7.99. The highest BCUT2D eigenvalue weighted by Crippen LogP contribution is 2.26. The highest BCUT2D eigenvalue weighted by molar-refractivity contribution is 5.94. The van der Waals surface area contributed by atoms with E-state index >= 15 is 0 Å². The third-order valence-corrected chi connectivity index (χ3v) is 4.45. The number of alkyl halides is 3. The van der Waals surface area contributed by atoms with Crippen LogP contribution in [0.15, 0.2) is 24.3 Å². The first kappa shape index (κ1) is 19.2. The summed E-state index contributed by atoms with van der Waals surface area (Å²) >= 11 is 0. The molecule has 0 radical (unpaired) electrons. The van der Waals surface area contributed by atoms with Gasteiger partial charge in [0.25, 0.3) is 5.91 Å². The van der Waals surface area contributed by atoms with Gasteiger partial charge in [0.1, 0.15) is 0 Å². The number of benzene rings is 1. The second-order valence-corrected chi connectivity index (χ2v) is 6.28. The molecule has 1 atom stereocenters. The molecule has 0 aliphatic carbocycles. The minimum Gasteiger partial charge on any atom is -0.376 e. The van der Waals surface area contributed by atoms with Gasteiger partial charge in [0.05, 0.1) is 0 Å². The van der Waals surface area contributed by atoms with Gasteiger partial charge in [0.2, 0.25) is 12.0 Å². The molecule has 8 heteroatoms. The maximum Gasteiger partial charge on any atom is 0.423 e. The molecule has 0 unspecified atom stereocenters. The molecule has 0 saturated carbocycles. The second-order valence-electron chi connectivity index (χ2n) is 6.28. The molecule has 1 N–H and O–H groups in total. The van der Waals surface area contributed by atoms with Crippen molar-refractivity contribution in [2.24, 2.45) is 5.92 Å². The molecule has 1 saturated heterocycles. The van der Waals surface area contributed by atoms with Crippen LogP contribution in [0.5, 0.6) is 0 Å². The molecule has 25 heavy (non-hydrogen) atoms. The Morgan fingerprint density at radius 2 is 1.72 bits per heavy atom. The summed E-state index contributed by atoms with van der Waals surface area (Å²) in [6.45, 7) is 1.97. The van der Waals surface area contributed by atoms with E-state index in [9.17, 15) is 22.8 Å². The van der Waals surface area contributed by atoms with Crippen molar-refractivity contribution < 1.29 is 27.9 Å². The molecule has 1 fully saturated rings. The Hall–Kier alpha value is -2.09. The molecule has 1 aromatic rings. The molecule has 1 aliphatic heterocycles. The lowest BCUT2D eigenvalue weighted by molar-refractivity contribution is -0.211. The molecule has 2 rings (SSSR count). The van der Waals surface area contributed by atoms with Crippen LogP contribution in [-0.4, -0.2) is 54.2 Å². The number of aliphatic hydroxyl groups excluding tert-OH is 1. The lowest BCUT2D eigenvalue weighted by Gasteiger charge is -2.34. The fourth-order valence-electron chi connectivity index (χ4n) is 2.83. The van der Waals surface area contributed by atoms with E-state index in [4.69, 9.17) is 5.11 Å². The van der Waals surface area contributed by atoms with Crippen molar-refractivity contribution in [1.29, 1.82) is 0 Å². The van der Waals surface area contributed by atoms with Crippen LogP contribution in [0.3, 0.4) is 0 Å². The van der Waals surface area contributed by atoms with Crippen molar-refractivity contribution >= 4 is 17.5 Å². The van der Waals surface area contributed by atoms with Crippen LogP contribution < -0.4 is 4.90 Å². The van der Waals surface area contributed by atoms with Gasteiger partial charge in [0, 0.05) is 31.7 Å². The SMILES string of the molecule is Cc1ccc(N(C)C(=O)C2CCN(C(=O)[C@@H](O)C(F)(F)F)CC2)cc1. The highest BCUT2D eigenvalue weighted by atomic mass is 19.4. The van der Waals surface area contributed by atoms with Crippen LogP contribution >= 0.6 is 0 Å². The first-order chi connectivity index (χ1) is 11.6. The van der Waals surface area contributed by atoms with Crippen molar-refractivity contribution in [1.82, 2.24) is 4.90 Å². The third-order valence-electron chi connectivity index (χ3n) is 4.45. The molecular formula is C17H21F3N2O3. The maximum absolute atomic E-state index is 12.5. The van der Waals surface area contributed by atoms with Gasteiger partial charge in [-0.2, -0.15) is 13.2 Å². The van der Waals surface area contributed by atoms with Gasteiger partial charge in [-0.3, -0.25) is 9.59 Å². The van der Waals surface area contributed by atoms with Crippen molar-refractivity contribution in [2.45, 2.75) is 32.0 Å². The summed E-state index contributed by atoms with van der Waals surface area (Å²) in [5.41, 5.74) is 1.81. The molecule has 1 heterocycles. The second kappa shape index (κ2) is 7.43. The van der Waals surface area contributed by atoms with Crippen LogP contribution in [0, 0.1) is 12.8 Å². The Morgan fingerprint density at radius 3 is 2.20 bits per heavy atom. The molecule has 0 bridgehead atoms. The lowest BCUT2D eigenvalue weighted by atomic mass is 9.94. The van der Waals surface area contributed by atoms with Crippen LogP contribution in [0.2, 0.25) is 0 Å². The largest absolute Gasteiger partial charge is 0.423 e. The summed E-state index contributed by atoms with van der Waals surface area (Å²) < 4.78 is 37.3. The zero-order valence-electron chi connectivity index (χ0n) is 14.1. The van der Waals surface area contributed by atoms with Crippen LogP contribution in [0.4, 0.5) is 18.9 Å². The van der Waals surface area contributed by atoms with Crippen LogP contribution in [0.25, 0.3) is 0 Å². The zero-order chi connectivity index (χ0) is 18.8. The zero-order valence-corrected chi connectivity index (χ0v) is 14.1. The molecule has 0 spiro atoms. The molecule has 2 amide bonds. The van der Waals surface area contributed by atoms with Gasteiger partial charge in [-0.15, -0.1) is 0 Å². The molecular weight excluding hydrogens is 337 g/mol. The molecule has 5 nitrogen and oxygen atoms in total. The van der Waals surface area contributed by atoms with Crippen LogP contribution in [-0.2, 0) is 9.59 Å². The standard InChI is InChI=1S/C17H21F3N2O3/c1-11-3-5-13(6-4-11)21(2)15(24)12-7-9-22(10-8-12)16(25)14(23)17(18,19)20/h3-6,12,14,23H,7-10H2,1-2H3/t14-/m1/s1. The maximum atomic E-state index is 12.5. The van der Waals surface area contributed by atoms with Gasteiger partial charge in [-0.05, 0) is 31.9 Å². The Balaban J connectivity index is 1.94. The predicted octanol–water partition coefficient (Wildman–Crippen LogP) is 2.12. The fraction of sp³-hybridized carbons (Fsp3) is 0.529. The smallest absolute Gasteiger partial charge is 0.376 e. The molecule has 0 aromatic heterocycles. The molecule has 138 valence electrons. The number of hydrogen-bond donors (Lipinski definition) is 1. The quantitative estimate of drug-likeness (QED) is 0.900. The van der Waals surface area contributed by atoms with E-state index in [1.54, 1.807) is 7.05 Å². The van der Waals surface area contributed by atoms with E-state index < -0.39 is 18.2 Å². The van der Waals surface area contributed by atoms with E-state index in [0.717, 1.165) is 16.2 Å². The number of nitrogens with zero attached hydrogens (tertiary/aromatic N) is 2. The summed E-state index contributed by atoms with van der Waals surface area (Å²) in [5.74, 6) is -1.85. The van der Waals surface area contributed by atoms with Crippen LogP contribution in [0.1, 0.15) is 18.4 Å². The number of aryl methyl sites for hydroxylation is 1. The third kappa shape index (κ3) is 4.50. The molecule has 1 aromatic carbocycles. The van der Waals surface area contributed by atoms with E-state index in [2.05, 4.69) is 0 Å². The van der Waals surface area contributed by atoms with Gasteiger partial charge in [-0.1, -0.05) is 17.7 Å². The monoisotopic (exact) mass is 358 g/mol. The van der Waals surface area contributed by atoms with E-state index in [-0.39, 0.29) is 37.8 Å². The lowest BCUT2D eigenvalue weighted by Crippen LogP contribution is -2.50. The van der Waals surface area contributed by atoms with Gasteiger partial charge in [0.15, 0.2) is 0 Å². The summed E-state index contributed by atoms with van der Waals surface area (Å²) in [6, 6.07) is 7.43. The number of anilines is 1. The minimum absolute atomic E-state index is 0.0180. The van der Waals surface area contributed by atoms with Gasteiger partial charge < -0.3 is 14.9 Å².